The number of allylic oxidation sites excluding steroid dienone is 1. The number of carbonyl (C=O) groups is 1. The van der Waals surface area contributed by atoms with Crippen LogP contribution in [0.25, 0.3) is 0 Å². The number of aliphatic hydroxyl groups is 2. The van der Waals surface area contributed by atoms with E-state index in [4.69, 9.17) is 4.74 Å². The number of rotatable bonds is 6. The minimum atomic E-state index is -1.41. The minimum Gasteiger partial charge on any atom is -0.512 e. The van der Waals surface area contributed by atoms with E-state index in [0.717, 1.165) is 23.4 Å². The van der Waals surface area contributed by atoms with Crippen molar-refractivity contribution >= 4 is 5.91 Å². The van der Waals surface area contributed by atoms with Gasteiger partial charge in [0, 0.05) is 42.4 Å². The highest BCUT2D eigenvalue weighted by Crippen LogP contribution is 2.63. The van der Waals surface area contributed by atoms with Gasteiger partial charge in [-0.1, -0.05) is 25.1 Å². The molecule has 202 valence electrons. The van der Waals surface area contributed by atoms with Crippen molar-refractivity contribution in [1.29, 1.82) is 0 Å². The maximum absolute atomic E-state index is 13.5. The predicted octanol–water partition coefficient (Wildman–Crippen LogP) is 3.28. The Balaban J connectivity index is 1.38. The Morgan fingerprint density at radius 3 is 2.55 bits per heavy atom. The maximum atomic E-state index is 13.5. The van der Waals surface area contributed by atoms with Crippen LogP contribution >= 0.6 is 0 Å². The van der Waals surface area contributed by atoms with Crippen LogP contribution in [0, 0.1) is 11.8 Å². The third-order valence-corrected chi connectivity index (χ3v) is 9.64. The van der Waals surface area contributed by atoms with Gasteiger partial charge in [-0.2, -0.15) is 0 Å². The molecular weight excluding hydrogens is 484 g/mol. The summed E-state index contributed by atoms with van der Waals surface area (Å²) in [6.07, 6.45) is 3.35. The Morgan fingerprint density at radius 1 is 1.13 bits per heavy atom. The average molecular weight is 521 g/mol. The van der Waals surface area contributed by atoms with Crippen LogP contribution in [-0.4, -0.2) is 63.1 Å². The number of hydrogen-bond donors (Lipinski definition) is 5. The lowest BCUT2D eigenvalue weighted by atomic mass is 9.46. The second kappa shape index (κ2) is 8.92. The molecule has 0 unspecified atom stereocenters. The fourth-order valence-corrected chi connectivity index (χ4v) is 7.45. The topological polar surface area (TPSA) is 122 Å². The molecule has 1 saturated heterocycles. The summed E-state index contributed by atoms with van der Waals surface area (Å²) in [7, 11) is 1.60. The molecule has 0 aromatic heterocycles. The predicted molar refractivity (Wildman–Crippen MR) is 141 cm³/mol. The third-order valence-electron chi connectivity index (χ3n) is 9.64. The molecular formula is C30H36N2O6. The Labute approximate surface area is 222 Å². The third kappa shape index (κ3) is 3.61. The van der Waals surface area contributed by atoms with Crippen LogP contribution in [0.1, 0.15) is 49.3 Å². The standard InChI is InChI=1S/C30H36N2O6/c1-17-26(34)22(28(36)31-15-18-5-8-21(38-2)9-6-18)14-30(37)24-13-20-7-10-23(33)27(35)25(20)29(17,30)11-12-32(24)16-19-3-4-19/h5-10,17,19,24,33-35,37H,3-4,11-16H2,1-2H3,(H,31,36)/t17-,24+,29+,30+/m0/s1. The van der Waals surface area contributed by atoms with Crippen molar-refractivity contribution in [1.82, 2.24) is 10.2 Å². The molecule has 1 amide bonds. The molecule has 0 spiro atoms. The normalized spacial score (nSPS) is 30.4. The van der Waals surface area contributed by atoms with Crippen molar-refractivity contribution in [2.24, 2.45) is 11.8 Å². The molecule has 2 fully saturated rings. The van der Waals surface area contributed by atoms with Gasteiger partial charge >= 0.3 is 0 Å². The molecule has 4 atom stereocenters. The molecule has 8 nitrogen and oxygen atoms in total. The van der Waals surface area contributed by atoms with E-state index in [-0.39, 0.29) is 41.8 Å². The summed E-state index contributed by atoms with van der Waals surface area (Å²) in [5.74, 6) is -0.236. The average Bonchev–Trinajstić information content (AvgIpc) is 3.73. The van der Waals surface area contributed by atoms with Crippen LogP contribution in [0.5, 0.6) is 17.2 Å². The number of phenolic OH excluding ortho intramolecular Hbond substituents is 2. The largest absolute Gasteiger partial charge is 0.512 e. The number of aliphatic hydroxyl groups excluding tert-OH is 1. The molecule has 38 heavy (non-hydrogen) atoms. The van der Waals surface area contributed by atoms with Gasteiger partial charge < -0.3 is 30.5 Å². The number of ether oxygens (including phenoxy) is 1. The molecule has 1 saturated carbocycles. The summed E-state index contributed by atoms with van der Waals surface area (Å²) < 4.78 is 5.20. The smallest absolute Gasteiger partial charge is 0.250 e. The summed E-state index contributed by atoms with van der Waals surface area (Å²) >= 11 is 0. The molecule has 1 heterocycles. The van der Waals surface area contributed by atoms with Crippen molar-refractivity contribution in [3.63, 3.8) is 0 Å². The first-order chi connectivity index (χ1) is 18.2. The van der Waals surface area contributed by atoms with Gasteiger partial charge in [-0.15, -0.1) is 0 Å². The van der Waals surface area contributed by atoms with E-state index in [9.17, 15) is 25.2 Å². The number of hydrogen-bond acceptors (Lipinski definition) is 7. The second-order valence-corrected chi connectivity index (χ2v) is 11.6. The lowest BCUT2D eigenvalue weighted by Crippen LogP contribution is -2.75. The van der Waals surface area contributed by atoms with Gasteiger partial charge in [0.25, 0.3) is 5.91 Å². The summed E-state index contributed by atoms with van der Waals surface area (Å²) in [5, 5.41) is 48.6. The highest BCUT2D eigenvalue weighted by atomic mass is 16.5. The van der Waals surface area contributed by atoms with E-state index < -0.39 is 22.8 Å². The van der Waals surface area contributed by atoms with Crippen LogP contribution in [0.3, 0.4) is 0 Å². The number of likely N-dealkylation sites (tertiary alicyclic amines) is 1. The number of piperidine rings is 1. The number of fused-ring (bicyclic) bond motifs is 1. The Bertz CT molecular complexity index is 1300. The van der Waals surface area contributed by atoms with Crippen LogP contribution < -0.4 is 10.1 Å². The van der Waals surface area contributed by atoms with E-state index in [1.807, 2.05) is 37.3 Å². The summed E-state index contributed by atoms with van der Waals surface area (Å²) in [6, 6.07) is 10.4. The molecule has 2 bridgehead atoms. The van der Waals surface area contributed by atoms with Gasteiger partial charge in [0.1, 0.15) is 11.5 Å². The van der Waals surface area contributed by atoms with E-state index in [0.29, 0.717) is 30.9 Å². The van der Waals surface area contributed by atoms with E-state index in [1.54, 1.807) is 7.11 Å². The van der Waals surface area contributed by atoms with Crippen molar-refractivity contribution < 1.29 is 30.0 Å². The maximum Gasteiger partial charge on any atom is 0.250 e. The first kappa shape index (κ1) is 25.1. The van der Waals surface area contributed by atoms with Gasteiger partial charge in [-0.25, -0.2) is 0 Å². The first-order valence-electron chi connectivity index (χ1n) is 13.5. The molecule has 6 rings (SSSR count). The number of nitrogens with one attached hydrogen (secondary N) is 1. The van der Waals surface area contributed by atoms with Crippen molar-refractivity contribution in [3.8, 4) is 17.2 Å². The number of benzene rings is 2. The zero-order valence-electron chi connectivity index (χ0n) is 21.9. The summed E-state index contributed by atoms with van der Waals surface area (Å²) in [6.45, 7) is 3.70. The fraction of sp³-hybridized carbons (Fsp3) is 0.500. The zero-order chi connectivity index (χ0) is 26.8. The summed E-state index contributed by atoms with van der Waals surface area (Å²) in [4.78, 5) is 15.8. The molecule has 8 heteroatoms. The fourth-order valence-electron chi connectivity index (χ4n) is 7.45. The Morgan fingerprint density at radius 2 is 1.87 bits per heavy atom. The van der Waals surface area contributed by atoms with Gasteiger partial charge in [0.05, 0.1) is 18.3 Å². The molecule has 5 N–H and O–H groups in total. The molecule has 2 aromatic rings. The van der Waals surface area contributed by atoms with E-state index in [1.165, 1.54) is 18.9 Å². The number of amides is 1. The Kier molecular flexibility index (Phi) is 5.88. The van der Waals surface area contributed by atoms with Crippen LogP contribution in [0.4, 0.5) is 0 Å². The second-order valence-electron chi connectivity index (χ2n) is 11.6. The summed E-state index contributed by atoms with van der Waals surface area (Å²) in [5.41, 5.74) is 0.0271. The van der Waals surface area contributed by atoms with Gasteiger partial charge in [-0.05, 0) is 67.5 Å². The van der Waals surface area contributed by atoms with Gasteiger partial charge in [0.15, 0.2) is 11.5 Å². The lowest BCUT2D eigenvalue weighted by Gasteiger charge is -2.65. The van der Waals surface area contributed by atoms with Gasteiger partial charge in [0.2, 0.25) is 0 Å². The monoisotopic (exact) mass is 520 g/mol. The molecule has 2 aromatic carbocycles. The van der Waals surface area contributed by atoms with E-state index >= 15 is 0 Å². The molecule has 4 aliphatic rings. The van der Waals surface area contributed by atoms with Crippen LogP contribution in [0.15, 0.2) is 47.7 Å². The van der Waals surface area contributed by atoms with Crippen LogP contribution in [0.2, 0.25) is 0 Å². The Hall–Kier alpha value is -3.23. The van der Waals surface area contributed by atoms with Crippen molar-refractivity contribution in [3.05, 3.63) is 64.4 Å². The quantitative estimate of drug-likeness (QED) is 0.371. The SMILES string of the molecule is COc1ccc(CNC(=O)C2=C(O)[C@H](C)[C@]34CCN(CC5CC5)[C@H](Cc5ccc(O)c(O)c53)[C@]4(O)C2)cc1. The van der Waals surface area contributed by atoms with Crippen LogP contribution in [-0.2, 0) is 23.2 Å². The van der Waals surface area contributed by atoms with Crippen molar-refractivity contribution in [2.45, 2.75) is 62.6 Å². The number of methoxy groups -OCH3 is 1. The first-order valence-corrected chi connectivity index (χ1v) is 13.5. The van der Waals surface area contributed by atoms with Crippen molar-refractivity contribution in [2.75, 3.05) is 20.2 Å². The minimum absolute atomic E-state index is 0.0298. The highest BCUT2D eigenvalue weighted by molar-refractivity contribution is 5.94. The van der Waals surface area contributed by atoms with Gasteiger partial charge in [-0.3, -0.25) is 9.69 Å². The van der Waals surface area contributed by atoms with E-state index in [2.05, 4.69) is 10.2 Å². The lowest BCUT2D eigenvalue weighted by molar-refractivity contribution is -0.171. The number of carbonyl (C=O) groups excluding carboxylic acids is 1. The molecule has 1 aliphatic heterocycles. The number of aromatic hydroxyl groups is 2. The molecule has 3 aliphatic carbocycles. The highest BCUT2D eigenvalue weighted by Gasteiger charge is 2.69. The number of phenols is 2. The zero-order valence-corrected chi connectivity index (χ0v) is 21.9. The molecule has 0 radical (unpaired) electrons. The number of nitrogens with zero attached hydrogens (tertiary/aromatic N) is 1.